The van der Waals surface area contributed by atoms with Crippen molar-refractivity contribution in [1.29, 1.82) is 0 Å². The molecule has 12 rings (SSSR count). The lowest BCUT2D eigenvalue weighted by molar-refractivity contribution is 0.745. The average molecular weight is 739 g/mol. The van der Waals surface area contributed by atoms with E-state index in [1.165, 1.54) is 93.7 Å². The zero-order chi connectivity index (χ0) is 38.2. The molecule has 0 fully saturated rings. The Balaban J connectivity index is 1.01. The second-order valence-electron chi connectivity index (χ2n) is 15.7. The molecule has 2 nitrogen and oxygen atoms in total. The van der Waals surface area contributed by atoms with E-state index >= 15 is 0 Å². The number of fused-ring (bicyclic) bond motifs is 8. The smallest absolute Gasteiger partial charge is 0.0629 e. The number of para-hydroxylation sites is 3. The van der Waals surface area contributed by atoms with E-state index in [0.29, 0.717) is 5.92 Å². The first kappa shape index (κ1) is 32.8. The molecule has 1 aliphatic heterocycles. The van der Waals surface area contributed by atoms with Crippen molar-refractivity contribution in [3.63, 3.8) is 0 Å². The van der Waals surface area contributed by atoms with Gasteiger partial charge in [0.1, 0.15) is 0 Å². The number of rotatable bonds is 5. The summed E-state index contributed by atoms with van der Waals surface area (Å²) in [4.78, 5) is 2.51. The summed E-state index contributed by atoms with van der Waals surface area (Å²) in [6.07, 6.45) is 9.06. The highest BCUT2D eigenvalue weighted by Crippen LogP contribution is 2.48. The Labute approximate surface area is 337 Å². The van der Waals surface area contributed by atoms with Gasteiger partial charge in [-0.25, -0.2) is 0 Å². The molecule has 2 aliphatic rings. The van der Waals surface area contributed by atoms with Crippen LogP contribution in [0.15, 0.2) is 218 Å². The van der Waals surface area contributed by atoms with Crippen molar-refractivity contribution in [3.05, 3.63) is 224 Å². The largest absolute Gasteiger partial charge is 0.333 e. The highest BCUT2D eigenvalue weighted by Gasteiger charge is 2.37. The molecule has 2 atom stereocenters. The minimum Gasteiger partial charge on any atom is -0.333 e. The Morgan fingerprint density at radius 2 is 0.862 bits per heavy atom. The van der Waals surface area contributed by atoms with Crippen LogP contribution in [0.3, 0.4) is 0 Å². The van der Waals surface area contributed by atoms with Gasteiger partial charge in [0.05, 0.1) is 17.1 Å². The van der Waals surface area contributed by atoms with Gasteiger partial charge in [-0.3, -0.25) is 0 Å². The van der Waals surface area contributed by atoms with Crippen LogP contribution in [0.5, 0.6) is 0 Å². The Bertz CT molecular complexity index is 3180. The van der Waals surface area contributed by atoms with E-state index in [4.69, 9.17) is 0 Å². The zero-order valence-corrected chi connectivity index (χ0v) is 31.8. The zero-order valence-electron chi connectivity index (χ0n) is 31.8. The molecule has 2 heteroatoms. The van der Waals surface area contributed by atoms with Gasteiger partial charge < -0.3 is 9.47 Å². The van der Waals surface area contributed by atoms with Crippen molar-refractivity contribution >= 4 is 54.7 Å². The van der Waals surface area contributed by atoms with Gasteiger partial charge in [-0.2, -0.15) is 0 Å². The Kier molecular flexibility index (Phi) is 7.39. The highest BCUT2D eigenvalue weighted by atomic mass is 15.2. The van der Waals surface area contributed by atoms with Crippen LogP contribution >= 0.6 is 0 Å². The molecule has 10 aromatic rings. The first-order chi connectivity index (χ1) is 28.8. The van der Waals surface area contributed by atoms with Gasteiger partial charge in [0.25, 0.3) is 0 Å². The van der Waals surface area contributed by atoms with Gasteiger partial charge in [0.15, 0.2) is 0 Å². The van der Waals surface area contributed by atoms with Gasteiger partial charge in [0.2, 0.25) is 0 Å². The van der Waals surface area contributed by atoms with Crippen molar-refractivity contribution in [2.45, 2.75) is 12.0 Å². The lowest BCUT2D eigenvalue weighted by Gasteiger charge is -2.28. The minimum atomic E-state index is 0.272. The topological polar surface area (TPSA) is 8.17 Å². The normalized spacial score (nSPS) is 15.8. The molecular weight excluding hydrogens is 701 g/mol. The summed E-state index contributed by atoms with van der Waals surface area (Å²) in [7, 11) is 0. The lowest BCUT2D eigenvalue weighted by atomic mass is 9.88. The predicted octanol–water partition coefficient (Wildman–Crippen LogP) is 14.8. The van der Waals surface area contributed by atoms with Crippen molar-refractivity contribution in [2.75, 3.05) is 4.90 Å². The Morgan fingerprint density at radius 3 is 1.50 bits per heavy atom. The van der Waals surface area contributed by atoms with Crippen LogP contribution in [0.2, 0.25) is 0 Å². The summed E-state index contributed by atoms with van der Waals surface area (Å²) < 4.78 is 2.39. The molecule has 0 saturated carbocycles. The highest BCUT2D eigenvalue weighted by molar-refractivity contribution is 6.13. The third-order valence-corrected chi connectivity index (χ3v) is 12.5. The first-order valence-electron chi connectivity index (χ1n) is 20.3. The SMILES string of the molecule is C1=CC2c3ccccc3N(c3ccc(-c4cc(-c5ccc(-n6c7ccccc7c7ccccc76)cc5)cc(-c5c6ccccc6cc6ccccc56)c4)cc3)C2C=C1. The molecule has 0 radical (unpaired) electrons. The molecule has 0 saturated heterocycles. The summed E-state index contributed by atoms with van der Waals surface area (Å²) in [5, 5.41) is 7.57. The monoisotopic (exact) mass is 738 g/mol. The molecular formula is C56H38N2. The quantitative estimate of drug-likeness (QED) is 0.160. The molecule has 2 unspecified atom stereocenters. The van der Waals surface area contributed by atoms with Gasteiger partial charge in [-0.15, -0.1) is 0 Å². The molecule has 2 heterocycles. The molecule has 1 aliphatic carbocycles. The Hall–Kier alpha value is -7.42. The van der Waals surface area contributed by atoms with Crippen molar-refractivity contribution in [2.24, 2.45) is 0 Å². The van der Waals surface area contributed by atoms with E-state index in [1.807, 2.05) is 0 Å². The van der Waals surface area contributed by atoms with Crippen LogP contribution in [0.1, 0.15) is 11.5 Å². The third-order valence-electron chi connectivity index (χ3n) is 12.5. The lowest BCUT2D eigenvalue weighted by Crippen LogP contribution is -2.28. The number of anilines is 2. The minimum absolute atomic E-state index is 0.272. The third kappa shape index (κ3) is 5.12. The molecule has 272 valence electrons. The van der Waals surface area contributed by atoms with Crippen LogP contribution < -0.4 is 4.90 Å². The molecule has 1 aromatic heterocycles. The van der Waals surface area contributed by atoms with Crippen LogP contribution in [0.4, 0.5) is 11.4 Å². The Morgan fingerprint density at radius 1 is 0.362 bits per heavy atom. The molecule has 0 bridgehead atoms. The maximum atomic E-state index is 2.51. The maximum Gasteiger partial charge on any atom is 0.0629 e. The average Bonchev–Trinajstić information content (AvgIpc) is 3.81. The first-order valence-corrected chi connectivity index (χ1v) is 20.3. The van der Waals surface area contributed by atoms with Crippen LogP contribution in [-0.2, 0) is 0 Å². The number of allylic oxidation sites excluding steroid dienone is 2. The fraction of sp³-hybridized carbons (Fsp3) is 0.0357. The van der Waals surface area contributed by atoms with Crippen molar-refractivity contribution in [1.82, 2.24) is 4.57 Å². The van der Waals surface area contributed by atoms with Crippen molar-refractivity contribution < 1.29 is 0 Å². The van der Waals surface area contributed by atoms with Gasteiger partial charge >= 0.3 is 0 Å². The molecule has 0 N–H and O–H groups in total. The van der Waals surface area contributed by atoms with Gasteiger partial charge in [-0.05, 0) is 127 Å². The number of benzene rings is 9. The van der Waals surface area contributed by atoms with Crippen LogP contribution in [-0.4, -0.2) is 10.6 Å². The van der Waals surface area contributed by atoms with Crippen LogP contribution in [0, 0.1) is 0 Å². The van der Waals surface area contributed by atoms with E-state index in [9.17, 15) is 0 Å². The van der Waals surface area contributed by atoms with Gasteiger partial charge in [0, 0.05) is 33.8 Å². The van der Waals surface area contributed by atoms with Crippen molar-refractivity contribution in [3.8, 4) is 39.1 Å². The van der Waals surface area contributed by atoms with E-state index in [-0.39, 0.29) is 6.04 Å². The second kappa shape index (κ2) is 13.1. The van der Waals surface area contributed by atoms with E-state index in [0.717, 1.165) is 5.69 Å². The summed E-state index contributed by atoms with van der Waals surface area (Å²) in [5.41, 5.74) is 14.7. The maximum absolute atomic E-state index is 2.51. The molecule has 9 aromatic carbocycles. The van der Waals surface area contributed by atoms with E-state index in [1.54, 1.807) is 0 Å². The fourth-order valence-electron chi connectivity index (χ4n) is 9.84. The number of hydrogen-bond acceptors (Lipinski definition) is 1. The number of hydrogen-bond donors (Lipinski definition) is 0. The second-order valence-corrected chi connectivity index (χ2v) is 15.7. The standard InChI is InChI=1S/C56H38N2/c1-3-15-46-39(13-1)33-40-14-2-4-16-47(40)56(46)43-35-41(37-25-29-44(30-26-37)57-52-21-9-5-17-48(52)49-18-6-10-22-53(49)57)34-42(36-43)38-27-31-45(32-28-38)58-54-23-11-7-19-50(54)51-20-8-12-24-55(51)58/h1-36,48,52H. The van der Waals surface area contributed by atoms with E-state index in [2.05, 4.69) is 228 Å². The molecule has 58 heavy (non-hydrogen) atoms. The fourth-order valence-corrected chi connectivity index (χ4v) is 9.84. The number of nitrogens with zero attached hydrogens (tertiary/aromatic N) is 2. The van der Waals surface area contributed by atoms with Crippen LogP contribution in [0.25, 0.3) is 82.4 Å². The predicted molar refractivity (Wildman–Crippen MR) is 245 cm³/mol. The van der Waals surface area contributed by atoms with E-state index < -0.39 is 0 Å². The summed E-state index contributed by atoms with van der Waals surface area (Å²) >= 11 is 0. The van der Waals surface area contributed by atoms with Gasteiger partial charge in [-0.1, -0.05) is 152 Å². The molecule has 0 amide bonds. The summed E-state index contributed by atoms with van der Waals surface area (Å²) in [6.45, 7) is 0. The number of aromatic nitrogens is 1. The summed E-state index contributed by atoms with van der Waals surface area (Å²) in [5.74, 6) is 0.358. The molecule has 0 spiro atoms. The summed E-state index contributed by atoms with van der Waals surface area (Å²) in [6, 6.07) is 72.0.